The molecule has 0 aliphatic rings. The molecule has 0 saturated heterocycles. The van der Waals surface area contributed by atoms with Gasteiger partial charge in [-0.1, -0.05) is 48.5 Å². The van der Waals surface area contributed by atoms with Crippen molar-refractivity contribution in [3.8, 4) is 0 Å². The quantitative estimate of drug-likeness (QED) is 0.604. The van der Waals surface area contributed by atoms with Crippen LogP contribution >= 0.6 is 0 Å². The van der Waals surface area contributed by atoms with Crippen molar-refractivity contribution in [1.29, 1.82) is 0 Å². The smallest absolute Gasteiger partial charge is 0.0949 e. The van der Waals surface area contributed by atoms with Gasteiger partial charge in [0.2, 0.25) is 0 Å². The van der Waals surface area contributed by atoms with E-state index in [-0.39, 0.29) is 0 Å². The lowest BCUT2D eigenvalue weighted by Crippen LogP contribution is -2.00. The molecule has 22 heavy (non-hydrogen) atoms. The summed E-state index contributed by atoms with van der Waals surface area (Å²) < 4.78 is 2.12. The van der Waals surface area contributed by atoms with Crippen molar-refractivity contribution < 1.29 is 0 Å². The number of aromatic amines is 1. The van der Waals surface area contributed by atoms with Gasteiger partial charge >= 0.3 is 0 Å². The molecule has 0 saturated carbocycles. The van der Waals surface area contributed by atoms with Crippen molar-refractivity contribution in [2.24, 2.45) is 0 Å². The van der Waals surface area contributed by atoms with Crippen LogP contribution in [-0.4, -0.2) is 14.5 Å². The van der Waals surface area contributed by atoms with Gasteiger partial charge in [-0.15, -0.1) is 0 Å². The molecule has 3 nitrogen and oxygen atoms in total. The normalized spacial score (nSPS) is 11.1. The molecule has 4 aromatic rings. The Morgan fingerprint density at radius 2 is 1.77 bits per heavy atom. The minimum absolute atomic E-state index is 0.839. The second-order valence-corrected chi connectivity index (χ2v) is 5.53. The maximum absolute atomic E-state index is 4.15. The van der Waals surface area contributed by atoms with Crippen molar-refractivity contribution in [2.75, 3.05) is 0 Å². The number of fused-ring (bicyclic) bond motifs is 1. The number of rotatable bonds is 4. The minimum Gasteiger partial charge on any atom is -0.358 e. The average Bonchev–Trinajstić information content (AvgIpc) is 3.18. The first kappa shape index (κ1) is 12.9. The Bertz CT molecular complexity index is 874. The Morgan fingerprint density at radius 1 is 0.955 bits per heavy atom. The van der Waals surface area contributed by atoms with Crippen LogP contribution in [0, 0.1) is 0 Å². The number of aromatic nitrogens is 3. The molecule has 0 amide bonds. The van der Waals surface area contributed by atoms with E-state index in [1.54, 1.807) is 0 Å². The average molecular weight is 287 g/mol. The van der Waals surface area contributed by atoms with E-state index in [1.807, 2.05) is 18.7 Å². The lowest BCUT2D eigenvalue weighted by molar-refractivity contribution is 0.792. The highest BCUT2D eigenvalue weighted by molar-refractivity contribution is 5.84. The van der Waals surface area contributed by atoms with Crippen LogP contribution in [0.3, 0.4) is 0 Å². The van der Waals surface area contributed by atoms with Gasteiger partial charge in [0, 0.05) is 41.0 Å². The lowest BCUT2D eigenvalue weighted by Gasteiger charge is -2.06. The molecule has 2 heterocycles. The fourth-order valence-corrected chi connectivity index (χ4v) is 2.95. The van der Waals surface area contributed by atoms with Gasteiger partial charge in [0.25, 0.3) is 0 Å². The third-order valence-electron chi connectivity index (χ3n) is 4.03. The van der Waals surface area contributed by atoms with E-state index in [1.165, 1.54) is 27.7 Å². The molecule has 4 rings (SSSR count). The fraction of sp³-hybridized carbons (Fsp3) is 0.105. The molecule has 0 bridgehead atoms. The van der Waals surface area contributed by atoms with E-state index in [2.05, 4.69) is 69.1 Å². The van der Waals surface area contributed by atoms with Crippen molar-refractivity contribution in [3.63, 3.8) is 0 Å². The summed E-state index contributed by atoms with van der Waals surface area (Å²) in [4.78, 5) is 7.74. The van der Waals surface area contributed by atoms with E-state index in [9.17, 15) is 0 Å². The molecule has 0 radical (unpaired) electrons. The van der Waals surface area contributed by atoms with Gasteiger partial charge in [0.1, 0.15) is 0 Å². The highest BCUT2D eigenvalue weighted by Gasteiger charge is 2.12. The standard InChI is InChI=1S/C19H17N3/c1-2-6-15(7-3-1)12-19-17(13-22-11-10-20-14-22)16-8-4-5-9-18(16)21-19/h1-11,14,21H,12-13H2. The van der Waals surface area contributed by atoms with Crippen LogP contribution in [0.2, 0.25) is 0 Å². The highest BCUT2D eigenvalue weighted by Crippen LogP contribution is 2.25. The van der Waals surface area contributed by atoms with E-state index >= 15 is 0 Å². The zero-order valence-electron chi connectivity index (χ0n) is 12.2. The Kier molecular flexibility index (Phi) is 3.24. The molecule has 3 heteroatoms. The Balaban J connectivity index is 1.79. The summed E-state index contributed by atoms with van der Waals surface area (Å²) in [6.45, 7) is 0.839. The zero-order chi connectivity index (χ0) is 14.8. The topological polar surface area (TPSA) is 33.6 Å². The van der Waals surface area contributed by atoms with Crippen molar-refractivity contribution >= 4 is 10.9 Å². The van der Waals surface area contributed by atoms with Gasteiger partial charge in [-0.3, -0.25) is 0 Å². The van der Waals surface area contributed by atoms with Gasteiger partial charge in [-0.05, 0) is 11.6 Å². The Morgan fingerprint density at radius 3 is 2.59 bits per heavy atom. The molecule has 1 N–H and O–H groups in total. The number of hydrogen-bond donors (Lipinski definition) is 1. The largest absolute Gasteiger partial charge is 0.358 e. The van der Waals surface area contributed by atoms with Crippen LogP contribution in [-0.2, 0) is 13.0 Å². The van der Waals surface area contributed by atoms with Crippen LogP contribution in [0.1, 0.15) is 16.8 Å². The molecule has 0 unspecified atom stereocenters. The number of hydrogen-bond acceptors (Lipinski definition) is 1. The molecule has 2 aromatic heterocycles. The molecular weight excluding hydrogens is 270 g/mol. The van der Waals surface area contributed by atoms with Crippen LogP contribution in [0.15, 0.2) is 73.3 Å². The Labute approximate surface area is 129 Å². The van der Waals surface area contributed by atoms with Crippen LogP contribution < -0.4 is 0 Å². The number of nitrogens with zero attached hydrogens (tertiary/aromatic N) is 2. The van der Waals surface area contributed by atoms with Gasteiger partial charge in [0.15, 0.2) is 0 Å². The monoisotopic (exact) mass is 287 g/mol. The third-order valence-corrected chi connectivity index (χ3v) is 4.03. The molecule has 0 aliphatic heterocycles. The van der Waals surface area contributed by atoms with Gasteiger partial charge in [0.05, 0.1) is 12.9 Å². The molecule has 0 atom stereocenters. The van der Waals surface area contributed by atoms with Crippen molar-refractivity contribution in [2.45, 2.75) is 13.0 Å². The van der Waals surface area contributed by atoms with Gasteiger partial charge in [-0.25, -0.2) is 4.98 Å². The van der Waals surface area contributed by atoms with E-state index in [0.717, 1.165) is 13.0 Å². The zero-order valence-corrected chi connectivity index (χ0v) is 12.2. The SMILES string of the molecule is c1ccc(Cc2[nH]c3ccccc3c2Cn2ccnc2)cc1. The maximum Gasteiger partial charge on any atom is 0.0949 e. The lowest BCUT2D eigenvalue weighted by atomic mass is 10.0. The van der Waals surface area contributed by atoms with E-state index in [0.29, 0.717) is 0 Å². The number of para-hydroxylation sites is 1. The summed E-state index contributed by atoms with van der Waals surface area (Å²) in [5.74, 6) is 0. The third kappa shape index (κ3) is 2.42. The summed E-state index contributed by atoms with van der Waals surface area (Å²) in [5, 5.41) is 1.29. The van der Waals surface area contributed by atoms with Crippen LogP contribution in [0.25, 0.3) is 10.9 Å². The molecular formula is C19H17N3. The first-order chi connectivity index (χ1) is 10.9. The number of nitrogens with one attached hydrogen (secondary N) is 1. The molecule has 0 fully saturated rings. The number of H-pyrrole nitrogens is 1. The minimum atomic E-state index is 0.839. The summed E-state index contributed by atoms with van der Waals surface area (Å²) in [5.41, 5.74) is 5.14. The number of imidazole rings is 1. The molecule has 2 aromatic carbocycles. The number of benzene rings is 2. The predicted octanol–water partition coefficient (Wildman–Crippen LogP) is 4.00. The van der Waals surface area contributed by atoms with Gasteiger partial charge in [-0.2, -0.15) is 0 Å². The van der Waals surface area contributed by atoms with Gasteiger partial charge < -0.3 is 9.55 Å². The van der Waals surface area contributed by atoms with Crippen LogP contribution in [0.4, 0.5) is 0 Å². The molecule has 108 valence electrons. The van der Waals surface area contributed by atoms with E-state index < -0.39 is 0 Å². The van der Waals surface area contributed by atoms with Crippen LogP contribution in [0.5, 0.6) is 0 Å². The highest BCUT2D eigenvalue weighted by atomic mass is 15.0. The molecule has 0 spiro atoms. The Hall–Kier alpha value is -2.81. The summed E-state index contributed by atoms with van der Waals surface area (Å²) >= 11 is 0. The second-order valence-electron chi connectivity index (χ2n) is 5.53. The van der Waals surface area contributed by atoms with Crippen molar-refractivity contribution in [1.82, 2.24) is 14.5 Å². The fourth-order valence-electron chi connectivity index (χ4n) is 2.95. The summed E-state index contributed by atoms with van der Waals surface area (Å²) in [6, 6.07) is 19.1. The first-order valence-electron chi connectivity index (χ1n) is 7.48. The summed E-state index contributed by atoms with van der Waals surface area (Å²) in [6.07, 6.45) is 6.62. The second kappa shape index (κ2) is 5.53. The van der Waals surface area contributed by atoms with Crippen molar-refractivity contribution in [3.05, 3.63) is 90.1 Å². The predicted molar refractivity (Wildman–Crippen MR) is 88.9 cm³/mol. The van der Waals surface area contributed by atoms with E-state index in [4.69, 9.17) is 0 Å². The first-order valence-corrected chi connectivity index (χ1v) is 7.48. The maximum atomic E-state index is 4.15. The summed E-state index contributed by atoms with van der Waals surface area (Å²) in [7, 11) is 0. The molecule has 0 aliphatic carbocycles.